The number of carbonyl (C=O) groups excluding carboxylic acids is 3. The molecular formula is C12H17N5O5. The molecule has 10 heteroatoms. The van der Waals surface area contributed by atoms with Gasteiger partial charge in [-0.3, -0.25) is 19.4 Å². The Balaban J connectivity index is 3.00. The highest BCUT2D eigenvalue weighted by atomic mass is 16.5. The van der Waals surface area contributed by atoms with E-state index in [1.54, 1.807) is 6.92 Å². The molecule has 1 saturated heterocycles. The number of imide groups is 1. The number of likely N-dealkylation sites (N-methyl/N-ethyl adjacent to an activating group) is 2. The molecule has 1 aliphatic heterocycles. The number of hydrogen-bond donors (Lipinski definition) is 0. The third-order valence-corrected chi connectivity index (χ3v) is 2.86. The van der Waals surface area contributed by atoms with Crippen LogP contribution in [0.15, 0.2) is 15.4 Å². The number of amides is 3. The summed E-state index contributed by atoms with van der Waals surface area (Å²) < 4.78 is 4.75. The number of amidine groups is 1. The number of nitrogens with zero attached hydrogens (tertiary/aromatic N) is 5. The Hall–Kier alpha value is -2.65. The van der Waals surface area contributed by atoms with Crippen LogP contribution in [-0.2, 0) is 14.3 Å². The molecule has 0 saturated carbocycles. The Labute approximate surface area is 126 Å². The van der Waals surface area contributed by atoms with Gasteiger partial charge in [-0.2, -0.15) is 5.10 Å². The van der Waals surface area contributed by atoms with E-state index in [9.17, 15) is 19.3 Å². The lowest BCUT2D eigenvalue weighted by Gasteiger charge is -2.31. The van der Waals surface area contributed by atoms with E-state index < -0.39 is 23.9 Å². The number of rotatable bonds is 5. The second kappa shape index (κ2) is 7.38. The zero-order valence-electron chi connectivity index (χ0n) is 12.8. The second-order valence-corrected chi connectivity index (χ2v) is 4.52. The molecule has 1 fully saturated rings. The zero-order valence-corrected chi connectivity index (χ0v) is 12.8. The van der Waals surface area contributed by atoms with Crippen molar-refractivity contribution in [1.29, 1.82) is 0 Å². The van der Waals surface area contributed by atoms with Gasteiger partial charge >= 0.3 is 12.0 Å². The topological polar surface area (TPSA) is 121 Å². The van der Waals surface area contributed by atoms with Gasteiger partial charge in [0, 0.05) is 19.8 Å². The predicted molar refractivity (Wildman–Crippen MR) is 77.3 cm³/mol. The molecule has 0 aromatic carbocycles. The minimum atomic E-state index is -1.45. The fraction of sp³-hybridized carbons (Fsp3) is 0.583. The summed E-state index contributed by atoms with van der Waals surface area (Å²) in [5, 5.41) is 10.2. The summed E-state index contributed by atoms with van der Waals surface area (Å²) in [7, 11) is 2.59. The van der Waals surface area contributed by atoms with Gasteiger partial charge in [0.05, 0.1) is 13.0 Å². The maximum absolute atomic E-state index is 11.8. The van der Waals surface area contributed by atoms with Crippen molar-refractivity contribution >= 4 is 29.5 Å². The van der Waals surface area contributed by atoms with Crippen LogP contribution in [0.25, 0.3) is 0 Å². The molecule has 1 aliphatic rings. The Morgan fingerprint density at radius 3 is 2.45 bits per heavy atom. The van der Waals surface area contributed by atoms with Crippen LogP contribution in [-0.4, -0.2) is 66.0 Å². The maximum atomic E-state index is 11.8. The second-order valence-electron chi connectivity index (χ2n) is 4.52. The molecule has 10 nitrogen and oxygen atoms in total. The lowest BCUT2D eigenvalue weighted by atomic mass is 10.2. The normalized spacial score (nSPS) is 21.4. The monoisotopic (exact) mass is 311 g/mol. The number of esters is 1. The minimum absolute atomic E-state index is 0.0880. The van der Waals surface area contributed by atoms with Gasteiger partial charge in [0.2, 0.25) is 6.04 Å². The van der Waals surface area contributed by atoms with E-state index in [4.69, 9.17) is 4.74 Å². The molecule has 0 aromatic rings. The van der Waals surface area contributed by atoms with Crippen molar-refractivity contribution in [2.45, 2.75) is 26.3 Å². The van der Waals surface area contributed by atoms with E-state index in [1.165, 1.54) is 21.0 Å². The number of nitroso groups, excluding NO2 is 1. The summed E-state index contributed by atoms with van der Waals surface area (Å²) in [5.41, 5.74) is 0.308. The van der Waals surface area contributed by atoms with Gasteiger partial charge in [0.1, 0.15) is 0 Å². The molecule has 0 bridgehead atoms. The molecule has 1 heterocycles. The summed E-state index contributed by atoms with van der Waals surface area (Å²) in [4.78, 5) is 47.5. The predicted octanol–water partition coefficient (Wildman–Crippen LogP) is 0.373. The maximum Gasteiger partial charge on any atom is 0.331 e. The number of hydrogen-bond acceptors (Lipinski definition) is 8. The minimum Gasteiger partial charge on any atom is -0.466 e. The third kappa shape index (κ3) is 3.71. The highest BCUT2D eigenvalue weighted by Gasteiger charge is 2.42. The summed E-state index contributed by atoms with van der Waals surface area (Å²) in [6, 6.07) is -2.10. The first kappa shape index (κ1) is 17.4. The SMILES string of the molecule is CCOC(=O)C/C(C)=N\N=C1\C(N=O)C(=O)N(C)C(=O)N1C. The molecule has 1 unspecified atom stereocenters. The highest BCUT2D eigenvalue weighted by Crippen LogP contribution is 2.13. The van der Waals surface area contributed by atoms with Crippen molar-refractivity contribution in [3.05, 3.63) is 4.91 Å². The number of carbonyl (C=O) groups is 3. The number of urea groups is 1. The van der Waals surface area contributed by atoms with Crippen LogP contribution in [0.3, 0.4) is 0 Å². The van der Waals surface area contributed by atoms with Crippen LogP contribution in [0.2, 0.25) is 0 Å². The molecule has 1 rings (SSSR count). The molecule has 0 N–H and O–H groups in total. The Morgan fingerprint density at radius 2 is 1.91 bits per heavy atom. The van der Waals surface area contributed by atoms with Crippen molar-refractivity contribution in [1.82, 2.24) is 9.80 Å². The first-order valence-corrected chi connectivity index (χ1v) is 6.47. The van der Waals surface area contributed by atoms with Crippen LogP contribution < -0.4 is 0 Å². The molecule has 0 radical (unpaired) electrons. The quantitative estimate of drug-likeness (QED) is 0.314. The van der Waals surface area contributed by atoms with Gasteiger partial charge in [0.15, 0.2) is 5.84 Å². The number of ether oxygens (including phenoxy) is 1. The Kier molecular flexibility index (Phi) is 5.84. The Bertz CT molecular complexity index is 556. The van der Waals surface area contributed by atoms with E-state index >= 15 is 0 Å². The molecule has 22 heavy (non-hydrogen) atoms. The molecule has 0 aliphatic carbocycles. The van der Waals surface area contributed by atoms with E-state index in [0.29, 0.717) is 5.71 Å². The standard InChI is InChI=1S/C12H17N5O5/c1-5-22-8(18)6-7(2)13-14-10-9(15-21)11(19)17(4)12(20)16(10)3/h9H,5-6H2,1-4H3/b13-7-,14-10-. The van der Waals surface area contributed by atoms with Gasteiger partial charge in [-0.05, 0) is 19.0 Å². The lowest BCUT2D eigenvalue weighted by Crippen LogP contribution is -2.58. The first-order valence-electron chi connectivity index (χ1n) is 6.47. The average Bonchev–Trinajstić information content (AvgIpc) is 2.47. The summed E-state index contributed by atoms with van der Waals surface area (Å²) >= 11 is 0. The summed E-state index contributed by atoms with van der Waals surface area (Å²) in [5.74, 6) is -1.45. The smallest absolute Gasteiger partial charge is 0.331 e. The van der Waals surface area contributed by atoms with E-state index in [0.717, 1.165) is 9.80 Å². The van der Waals surface area contributed by atoms with Crippen LogP contribution in [0.1, 0.15) is 20.3 Å². The van der Waals surface area contributed by atoms with Gasteiger partial charge in [0.25, 0.3) is 5.91 Å². The first-order chi connectivity index (χ1) is 10.3. The zero-order chi connectivity index (χ0) is 16.9. The van der Waals surface area contributed by atoms with Crippen LogP contribution >= 0.6 is 0 Å². The van der Waals surface area contributed by atoms with Crippen LogP contribution in [0.5, 0.6) is 0 Å². The van der Waals surface area contributed by atoms with Crippen molar-refractivity contribution in [2.24, 2.45) is 15.4 Å². The highest BCUT2D eigenvalue weighted by molar-refractivity contribution is 6.20. The van der Waals surface area contributed by atoms with Gasteiger partial charge in [-0.25, -0.2) is 4.79 Å². The van der Waals surface area contributed by atoms with E-state index in [-0.39, 0.29) is 18.9 Å². The van der Waals surface area contributed by atoms with E-state index in [1.807, 2.05) is 0 Å². The summed E-state index contributed by atoms with van der Waals surface area (Å²) in [6.45, 7) is 3.45. The van der Waals surface area contributed by atoms with Gasteiger partial charge in [-0.15, -0.1) is 10.0 Å². The fourth-order valence-corrected chi connectivity index (χ4v) is 1.70. The summed E-state index contributed by atoms with van der Waals surface area (Å²) in [6.07, 6.45) is -0.0880. The van der Waals surface area contributed by atoms with Crippen molar-refractivity contribution in [3.8, 4) is 0 Å². The fourth-order valence-electron chi connectivity index (χ4n) is 1.70. The van der Waals surface area contributed by atoms with Crippen LogP contribution in [0.4, 0.5) is 4.79 Å². The van der Waals surface area contributed by atoms with Crippen LogP contribution in [0, 0.1) is 4.91 Å². The molecule has 120 valence electrons. The van der Waals surface area contributed by atoms with E-state index in [2.05, 4.69) is 15.4 Å². The third-order valence-electron chi connectivity index (χ3n) is 2.86. The van der Waals surface area contributed by atoms with Gasteiger partial charge < -0.3 is 4.74 Å². The molecule has 0 spiro atoms. The van der Waals surface area contributed by atoms with Crippen molar-refractivity contribution in [2.75, 3.05) is 20.7 Å². The largest absolute Gasteiger partial charge is 0.466 e. The molecular weight excluding hydrogens is 294 g/mol. The Morgan fingerprint density at radius 1 is 1.27 bits per heavy atom. The lowest BCUT2D eigenvalue weighted by molar-refractivity contribution is -0.141. The van der Waals surface area contributed by atoms with Gasteiger partial charge in [-0.1, -0.05) is 0 Å². The average molecular weight is 311 g/mol. The molecule has 3 amide bonds. The van der Waals surface area contributed by atoms with Crippen molar-refractivity contribution in [3.63, 3.8) is 0 Å². The molecule has 1 atom stereocenters. The molecule has 0 aromatic heterocycles. The van der Waals surface area contributed by atoms with Crippen molar-refractivity contribution < 1.29 is 19.1 Å².